The number of hydrogen-bond acceptors (Lipinski definition) is 3. The lowest BCUT2D eigenvalue weighted by molar-refractivity contribution is 0.0508. The highest BCUT2D eigenvalue weighted by Gasteiger charge is 2.31. The molecule has 2 amide bonds. The van der Waals surface area contributed by atoms with Gasteiger partial charge in [0.15, 0.2) is 0 Å². The second-order valence-corrected chi connectivity index (χ2v) is 3.64. The Morgan fingerprint density at radius 1 is 1.31 bits per heavy atom. The molecule has 1 aliphatic rings. The number of methoxy groups -OCH3 is 1. The third-order valence-corrected chi connectivity index (χ3v) is 2.65. The van der Waals surface area contributed by atoms with Crippen LogP contribution in [-0.4, -0.2) is 71.6 Å². The summed E-state index contributed by atoms with van der Waals surface area (Å²) in [5, 5.41) is 17.8. The number of nitrogens with zero attached hydrogens (tertiary/aromatic N) is 2. The van der Waals surface area contributed by atoms with Crippen LogP contribution in [0.2, 0.25) is 0 Å². The molecule has 0 aromatic carbocycles. The fourth-order valence-electron chi connectivity index (χ4n) is 1.78. The third kappa shape index (κ3) is 2.99. The van der Waals surface area contributed by atoms with Crippen molar-refractivity contribution in [1.82, 2.24) is 9.80 Å². The van der Waals surface area contributed by atoms with Crippen LogP contribution in [-0.2, 0) is 4.74 Å². The minimum atomic E-state index is -1.01. The Hall–Kier alpha value is -1.50. The first-order chi connectivity index (χ1) is 7.56. The van der Waals surface area contributed by atoms with Gasteiger partial charge in [0.05, 0.1) is 6.04 Å². The molecular weight excluding hydrogens is 216 g/mol. The van der Waals surface area contributed by atoms with Gasteiger partial charge in [-0.15, -0.1) is 0 Å². The number of ether oxygens (including phenoxy) is 1. The van der Waals surface area contributed by atoms with Gasteiger partial charge in [0.2, 0.25) is 0 Å². The van der Waals surface area contributed by atoms with Crippen molar-refractivity contribution in [3.63, 3.8) is 0 Å². The maximum absolute atomic E-state index is 10.9. The van der Waals surface area contributed by atoms with Crippen LogP contribution >= 0.6 is 0 Å². The first-order valence-corrected chi connectivity index (χ1v) is 5.02. The summed E-state index contributed by atoms with van der Waals surface area (Å²) in [7, 11) is 1.53. The Labute approximate surface area is 93.2 Å². The predicted octanol–water partition coefficient (Wildman–Crippen LogP) is 0.365. The van der Waals surface area contributed by atoms with Gasteiger partial charge in [0.25, 0.3) is 0 Å². The SMILES string of the molecule is COCC[C@H]1CN(C(=O)O)CCN1C(=O)O. The summed E-state index contributed by atoms with van der Waals surface area (Å²) in [5.74, 6) is 0. The smallest absolute Gasteiger partial charge is 0.407 e. The van der Waals surface area contributed by atoms with E-state index in [4.69, 9.17) is 14.9 Å². The normalized spacial score (nSPS) is 20.9. The molecule has 7 heteroatoms. The summed E-state index contributed by atoms with van der Waals surface area (Å²) < 4.78 is 4.88. The number of amides is 2. The quantitative estimate of drug-likeness (QED) is 0.733. The monoisotopic (exact) mass is 232 g/mol. The van der Waals surface area contributed by atoms with E-state index in [0.717, 1.165) is 0 Å². The van der Waals surface area contributed by atoms with Crippen LogP contribution in [0.4, 0.5) is 9.59 Å². The standard InChI is InChI=1S/C9H16N2O5/c1-16-5-2-7-6-10(8(12)13)3-4-11(7)9(14)15/h7H,2-6H2,1H3,(H,12,13)(H,14,15)/t7-/m0/s1. The molecule has 92 valence electrons. The summed E-state index contributed by atoms with van der Waals surface area (Å²) in [6.45, 7) is 1.08. The van der Waals surface area contributed by atoms with Gasteiger partial charge in [-0.1, -0.05) is 0 Å². The third-order valence-electron chi connectivity index (χ3n) is 2.65. The van der Waals surface area contributed by atoms with Crippen molar-refractivity contribution in [1.29, 1.82) is 0 Å². The molecule has 1 rings (SSSR count). The molecule has 1 atom stereocenters. The van der Waals surface area contributed by atoms with Gasteiger partial charge < -0.3 is 24.7 Å². The molecule has 1 aliphatic heterocycles. The highest BCUT2D eigenvalue weighted by Crippen LogP contribution is 2.13. The first-order valence-electron chi connectivity index (χ1n) is 5.02. The van der Waals surface area contributed by atoms with Crippen molar-refractivity contribution in [3.05, 3.63) is 0 Å². The Bertz CT molecular complexity index is 271. The Balaban J connectivity index is 2.61. The van der Waals surface area contributed by atoms with E-state index in [1.807, 2.05) is 0 Å². The van der Waals surface area contributed by atoms with Gasteiger partial charge in [0.1, 0.15) is 0 Å². The van der Waals surface area contributed by atoms with Crippen LogP contribution in [0.25, 0.3) is 0 Å². The molecule has 0 bridgehead atoms. The fourth-order valence-corrected chi connectivity index (χ4v) is 1.78. The number of hydrogen-bond donors (Lipinski definition) is 2. The molecule has 0 aromatic heterocycles. The average Bonchev–Trinajstić information content (AvgIpc) is 2.25. The minimum absolute atomic E-state index is 0.213. The highest BCUT2D eigenvalue weighted by atomic mass is 16.5. The van der Waals surface area contributed by atoms with Crippen molar-refractivity contribution in [2.75, 3.05) is 33.4 Å². The molecule has 0 radical (unpaired) electrons. The van der Waals surface area contributed by atoms with E-state index in [1.165, 1.54) is 16.9 Å². The zero-order valence-electron chi connectivity index (χ0n) is 9.13. The van der Waals surface area contributed by atoms with E-state index < -0.39 is 12.2 Å². The molecule has 1 saturated heterocycles. The highest BCUT2D eigenvalue weighted by molar-refractivity contribution is 5.68. The van der Waals surface area contributed by atoms with Crippen molar-refractivity contribution in [2.45, 2.75) is 12.5 Å². The second kappa shape index (κ2) is 5.55. The summed E-state index contributed by atoms with van der Waals surface area (Å²) >= 11 is 0. The van der Waals surface area contributed by atoms with Crippen LogP contribution in [0.1, 0.15) is 6.42 Å². The lowest BCUT2D eigenvalue weighted by Crippen LogP contribution is -2.56. The Morgan fingerprint density at radius 2 is 2.00 bits per heavy atom. The summed E-state index contributed by atoms with van der Waals surface area (Å²) in [5.41, 5.74) is 0. The van der Waals surface area contributed by atoms with E-state index >= 15 is 0 Å². The maximum Gasteiger partial charge on any atom is 0.407 e. The summed E-state index contributed by atoms with van der Waals surface area (Å²) in [4.78, 5) is 24.2. The maximum atomic E-state index is 10.9. The van der Waals surface area contributed by atoms with Gasteiger partial charge in [-0.05, 0) is 6.42 Å². The van der Waals surface area contributed by atoms with Crippen LogP contribution in [0, 0.1) is 0 Å². The van der Waals surface area contributed by atoms with Gasteiger partial charge in [-0.2, -0.15) is 0 Å². The van der Waals surface area contributed by atoms with E-state index in [2.05, 4.69) is 0 Å². The van der Waals surface area contributed by atoms with E-state index in [9.17, 15) is 9.59 Å². The molecule has 7 nitrogen and oxygen atoms in total. The Kier molecular flexibility index (Phi) is 4.36. The summed E-state index contributed by atoms with van der Waals surface area (Å²) in [6.07, 6.45) is -1.51. The van der Waals surface area contributed by atoms with Crippen molar-refractivity contribution in [3.8, 4) is 0 Å². The molecule has 0 saturated carbocycles. The molecule has 0 unspecified atom stereocenters. The summed E-state index contributed by atoms with van der Waals surface area (Å²) in [6, 6.07) is -0.317. The number of carboxylic acid groups (broad SMARTS) is 2. The fraction of sp³-hybridized carbons (Fsp3) is 0.778. The minimum Gasteiger partial charge on any atom is -0.465 e. The predicted molar refractivity (Wildman–Crippen MR) is 54.6 cm³/mol. The molecule has 2 N–H and O–H groups in total. The van der Waals surface area contributed by atoms with Crippen molar-refractivity contribution in [2.24, 2.45) is 0 Å². The topological polar surface area (TPSA) is 90.3 Å². The van der Waals surface area contributed by atoms with Gasteiger partial charge in [-0.3, -0.25) is 0 Å². The van der Waals surface area contributed by atoms with Crippen LogP contribution < -0.4 is 0 Å². The molecule has 0 aromatic rings. The van der Waals surface area contributed by atoms with Crippen LogP contribution in [0.15, 0.2) is 0 Å². The van der Waals surface area contributed by atoms with E-state index in [-0.39, 0.29) is 25.7 Å². The molecule has 16 heavy (non-hydrogen) atoms. The lowest BCUT2D eigenvalue weighted by Gasteiger charge is -2.38. The number of piperazine rings is 1. The number of carbonyl (C=O) groups is 2. The molecule has 0 spiro atoms. The Morgan fingerprint density at radius 3 is 2.50 bits per heavy atom. The second-order valence-electron chi connectivity index (χ2n) is 3.64. The van der Waals surface area contributed by atoms with Gasteiger partial charge in [0, 0.05) is 33.4 Å². The zero-order chi connectivity index (χ0) is 12.1. The van der Waals surface area contributed by atoms with Crippen LogP contribution in [0.3, 0.4) is 0 Å². The van der Waals surface area contributed by atoms with Crippen LogP contribution in [0.5, 0.6) is 0 Å². The zero-order valence-corrected chi connectivity index (χ0v) is 9.13. The lowest BCUT2D eigenvalue weighted by atomic mass is 10.1. The van der Waals surface area contributed by atoms with E-state index in [1.54, 1.807) is 0 Å². The first kappa shape index (κ1) is 12.6. The van der Waals surface area contributed by atoms with Gasteiger partial charge >= 0.3 is 12.2 Å². The molecule has 1 heterocycles. The molecule has 1 fully saturated rings. The van der Waals surface area contributed by atoms with Gasteiger partial charge in [-0.25, -0.2) is 9.59 Å². The molecular formula is C9H16N2O5. The van der Waals surface area contributed by atoms with Crippen molar-refractivity contribution < 1.29 is 24.5 Å². The molecule has 0 aliphatic carbocycles. The average molecular weight is 232 g/mol. The van der Waals surface area contributed by atoms with Crippen molar-refractivity contribution >= 4 is 12.2 Å². The largest absolute Gasteiger partial charge is 0.465 e. The van der Waals surface area contributed by atoms with E-state index in [0.29, 0.717) is 13.0 Å². The number of rotatable bonds is 3.